The third kappa shape index (κ3) is 4.61. The summed E-state index contributed by atoms with van der Waals surface area (Å²) in [6.07, 6.45) is -0.558. The summed E-state index contributed by atoms with van der Waals surface area (Å²) >= 11 is 0. The van der Waals surface area contributed by atoms with E-state index in [1.54, 1.807) is 18.2 Å². The molecule has 0 aromatic heterocycles. The van der Waals surface area contributed by atoms with Crippen LogP contribution in [0.15, 0.2) is 24.3 Å². The summed E-state index contributed by atoms with van der Waals surface area (Å²) in [6.45, 7) is 9.40. The van der Waals surface area contributed by atoms with Gasteiger partial charge in [-0.3, -0.25) is 0 Å². The molecule has 2 fully saturated rings. The first-order valence-electron chi connectivity index (χ1n) is 9.93. The molecule has 1 saturated carbocycles. The minimum absolute atomic E-state index is 0.143. The van der Waals surface area contributed by atoms with Gasteiger partial charge in [-0.05, 0) is 42.4 Å². The molecule has 1 saturated heterocycles. The highest BCUT2D eigenvalue weighted by Crippen LogP contribution is 2.53. The number of aliphatic hydroxyl groups is 1. The molecule has 1 aliphatic heterocycles. The van der Waals surface area contributed by atoms with Crippen molar-refractivity contribution in [2.75, 3.05) is 32.7 Å². The number of rotatable bonds is 6. The number of halogens is 2. The van der Waals surface area contributed by atoms with Gasteiger partial charge >= 0.3 is 6.11 Å². The number of ether oxygens (including phenoxy) is 1. The van der Waals surface area contributed by atoms with E-state index in [4.69, 9.17) is 4.74 Å². The fourth-order valence-corrected chi connectivity index (χ4v) is 4.69. The van der Waals surface area contributed by atoms with E-state index in [-0.39, 0.29) is 17.1 Å². The Morgan fingerprint density at radius 1 is 1.26 bits per heavy atom. The van der Waals surface area contributed by atoms with Crippen LogP contribution in [0.3, 0.4) is 0 Å². The molecule has 6 heteroatoms. The Bertz CT molecular complexity index is 641. The Balaban J connectivity index is 1.93. The molecule has 0 bridgehead atoms. The van der Waals surface area contributed by atoms with E-state index in [0.29, 0.717) is 6.54 Å². The molecule has 152 valence electrons. The second-order valence-corrected chi connectivity index (χ2v) is 8.75. The zero-order valence-electron chi connectivity index (χ0n) is 16.6. The zero-order valence-corrected chi connectivity index (χ0v) is 16.6. The maximum absolute atomic E-state index is 13.3. The number of nitrogens with zero attached hydrogens (tertiary/aromatic N) is 1. The van der Waals surface area contributed by atoms with Crippen molar-refractivity contribution in [3.05, 3.63) is 29.8 Å². The minimum atomic E-state index is -3.23. The highest BCUT2D eigenvalue weighted by atomic mass is 19.3. The van der Waals surface area contributed by atoms with E-state index < -0.39 is 11.7 Å². The summed E-state index contributed by atoms with van der Waals surface area (Å²) in [5.74, 6) is -0.00755. The molecule has 0 amide bonds. The van der Waals surface area contributed by atoms with Crippen LogP contribution >= 0.6 is 0 Å². The van der Waals surface area contributed by atoms with Crippen LogP contribution in [-0.2, 0) is 0 Å². The number of hydrogen-bond acceptors (Lipinski definition) is 4. The quantitative estimate of drug-likeness (QED) is 0.789. The number of nitrogens with one attached hydrogen (secondary N) is 1. The van der Waals surface area contributed by atoms with Crippen molar-refractivity contribution in [2.24, 2.45) is 5.41 Å². The first kappa shape index (κ1) is 20.5. The lowest BCUT2D eigenvalue weighted by atomic mass is 9.67. The van der Waals surface area contributed by atoms with Gasteiger partial charge in [0.15, 0.2) is 0 Å². The molecule has 2 atom stereocenters. The summed E-state index contributed by atoms with van der Waals surface area (Å²) in [5, 5.41) is 15.1. The summed E-state index contributed by atoms with van der Waals surface area (Å²) in [5.41, 5.74) is -0.226. The third-order valence-electron chi connectivity index (χ3n) is 6.32. The van der Waals surface area contributed by atoms with Crippen LogP contribution < -0.4 is 10.1 Å². The monoisotopic (exact) mass is 382 g/mol. The van der Waals surface area contributed by atoms with E-state index in [0.717, 1.165) is 57.9 Å². The molecule has 0 radical (unpaired) electrons. The van der Waals surface area contributed by atoms with Gasteiger partial charge in [-0.2, -0.15) is 8.78 Å². The number of piperazine rings is 1. The largest absolute Gasteiger partial charge is 0.433 e. The minimum Gasteiger partial charge on any atom is -0.433 e. The number of benzene rings is 1. The van der Waals surface area contributed by atoms with Gasteiger partial charge in [-0.1, -0.05) is 26.0 Å². The van der Waals surface area contributed by atoms with E-state index in [2.05, 4.69) is 24.1 Å². The second-order valence-electron chi connectivity index (χ2n) is 8.75. The Labute approximate surface area is 160 Å². The van der Waals surface area contributed by atoms with Gasteiger partial charge in [-0.15, -0.1) is 0 Å². The van der Waals surface area contributed by atoms with Crippen molar-refractivity contribution in [1.82, 2.24) is 10.2 Å². The van der Waals surface area contributed by atoms with Crippen LogP contribution in [0.2, 0.25) is 0 Å². The van der Waals surface area contributed by atoms with Gasteiger partial charge in [-0.25, -0.2) is 0 Å². The summed E-state index contributed by atoms with van der Waals surface area (Å²) < 4.78 is 31.4. The van der Waals surface area contributed by atoms with Crippen LogP contribution in [0.25, 0.3) is 0 Å². The van der Waals surface area contributed by atoms with Crippen LogP contribution in [-0.4, -0.2) is 54.4 Å². The number of hydrogen-bond donors (Lipinski definition) is 2. The zero-order chi connectivity index (χ0) is 19.7. The van der Waals surface area contributed by atoms with Gasteiger partial charge in [0.25, 0.3) is 0 Å². The fraction of sp³-hybridized carbons (Fsp3) is 0.714. The molecule has 0 spiro atoms. The Morgan fingerprint density at radius 3 is 2.56 bits per heavy atom. The van der Waals surface area contributed by atoms with Gasteiger partial charge in [0, 0.05) is 45.6 Å². The van der Waals surface area contributed by atoms with Crippen molar-refractivity contribution in [3.8, 4) is 5.75 Å². The van der Waals surface area contributed by atoms with Gasteiger partial charge in [0.2, 0.25) is 0 Å². The highest BCUT2D eigenvalue weighted by Gasteiger charge is 2.53. The summed E-state index contributed by atoms with van der Waals surface area (Å²) in [6, 6.07) is 6.90. The first-order valence-corrected chi connectivity index (χ1v) is 9.93. The van der Waals surface area contributed by atoms with E-state index in [9.17, 15) is 13.9 Å². The molecule has 2 aliphatic rings. The predicted molar refractivity (Wildman–Crippen MR) is 102 cm³/mol. The first-order chi connectivity index (χ1) is 12.6. The molecule has 27 heavy (non-hydrogen) atoms. The van der Waals surface area contributed by atoms with E-state index in [1.807, 2.05) is 6.07 Å². The van der Waals surface area contributed by atoms with Crippen molar-refractivity contribution >= 4 is 0 Å². The Hall–Kier alpha value is -1.24. The molecule has 1 aromatic carbocycles. The average Bonchev–Trinajstić information content (AvgIpc) is 2.86. The predicted octanol–water partition coefficient (Wildman–Crippen LogP) is 3.61. The maximum Gasteiger partial charge on any atom is 0.394 e. The van der Waals surface area contributed by atoms with Crippen molar-refractivity contribution < 1.29 is 18.6 Å². The molecule has 4 nitrogen and oxygen atoms in total. The molecule has 2 unspecified atom stereocenters. The molecule has 1 aromatic rings. The summed E-state index contributed by atoms with van der Waals surface area (Å²) in [7, 11) is 0. The van der Waals surface area contributed by atoms with Crippen LogP contribution in [0.4, 0.5) is 8.78 Å². The Kier molecular flexibility index (Phi) is 5.80. The molecular formula is C21H32F2N2O2. The van der Waals surface area contributed by atoms with Gasteiger partial charge < -0.3 is 20.1 Å². The fourth-order valence-electron chi connectivity index (χ4n) is 4.69. The lowest BCUT2D eigenvalue weighted by Crippen LogP contribution is -2.52. The molecule has 1 heterocycles. The SMILES string of the molecule is CC(F)(F)Oc1cccc(C(CN2CCNCC2)C2(O)CCCC2(C)C)c1. The third-order valence-corrected chi connectivity index (χ3v) is 6.32. The molecule has 1 aliphatic carbocycles. The van der Waals surface area contributed by atoms with E-state index in [1.165, 1.54) is 0 Å². The average molecular weight is 382 g/mol. The summed E-state index contributed by atoms with van der Waals surface area (Å²) in [4.78, 5) is 2.36. The van der Waals surface area contributed by atoms with E-state index >= 15 is 0 Å². The standard InChI is InChI=1S/C21H32F2N2O2/c1-19(2)8-5-9-21(19,26)18(15-25-12-10-24-11-13-25)16-6-4-7-17(14-16)27-20(3,22)23/h4,6-7,14,18,24,26H,5,8-13,15H2,1-3H3. The maximum atomic E-state index is 13.3. The Morgan fingerprint density at radius 2 is 1.96 bits per heavy atom. The van der Waals surface area contributed by atoms with Gasteiger partial charge in [0.1, 0.15) is 5.75 Å². The van der Waals surface area contributed by atoms with Crippen LogP contribution in [0.1, 0.15) is 51.5 Å². The molecule has 2 N–H and O–H groups in total. The lowest BCUT2D eigenvalue weighted by molar-refractivity contribution is -0.159. The van der Waals surface area contributed by atoms with Crippen molar-refractivity contribution in [1.29, 1.82) is 0 Å². The molecular weight excluding hydrogens is 350 g/mol. The normalized spacial score (nSPS) is 27.5. The van der Waals surface area contributed by atoms with Crippen molar-refractivity contribution in [2.45, 2.75) is 57.7 Å². The lowest BCUT2D eigenvalue weighted by Gasteiger charge is -2.45. The van der Waals surface area contributed by atoms with Crippen molar-refractivity contribution in [3.63, 3.8) is 0 Å². The topological polar surface area (TPSA) is 44.7 Å². The second kappa shape index (κ2) is 7.64. The highest BCUT2D eigenvalue weighted by molar-refractivity contribution is 5.34. The van der Waals surface area contributed by atoms with Crippen LogP contribution in [0, 0.1) is 5.41 Å². The molecule has 3 rings (SSSR count). The van der Waals surface area contributed by atoms with Gasteiger partial charge in [0.05, 0.1) is 5.60 Å². The van der Waals surface area contributed by atoms with Crippen LogP contribution in [0.5, 0.6) is 5.75 Å². The number of alkyl halides is 2. The smallest absolute Gasteiger partial charge is 0.394 e.